The molecule has 1 atom stereocenters. The van der Waals surface area contributed by atoms with Crippen LogP contribution >= 0.6 is 0 Å². The van der Waals surface area contributed by atoms with E-state index in [0.29, 0.717) is 18.0 Å². The van der Waals surface area contributed by atoms with Crippen LogP contribution in [-0.2, 0) is 0 Å². The molecule has 0 unspecified atom stereocenters. The van der Waals surface area contributed by atoms with E-state index in [1.807, 2.05) is 23.9 Å². The summed E-state index contributed by atoms with van der Waals surface area (Å²) < 4.78 is 2.03. The van der Waals surface area contributed by atoms with Crippen LogP contribution in [-0.4, -0.2) is 43.8 Å². The normalized spacial score (nSPS) is 19.4. The molecule has 5 heteroatoms. The summed E-state index contributed by atoms with van der Waals surface area (Å²) in [4.78, 5) is 12.0. The maximum absolute atomic E-state index is 4.77. The number of nitrogens with zero attached hydrogens (tertiary/aromatic N) is 5. The topological polar surface area (TPSA) is 46.8 Å². The zero-order chi connectivity index (χ0) is 17.3. The van der Waals surface area contributed by atoms with Gasteiger partial charge in [0, 0.05) is 36.4 Å². The molecule has 0 aliphatic carbocycles. The third-order valence-corrected chi connectivity index (χ3v) is 4.88. The van der Waals surface area contributed by atoms with Gasteiger partial charge in [0.1, 0.15) is 5.82 Å². The largest absolute Gasteiger partial charge is 0.300 e. The van der Waals surface area contributed by atoms with E-state index in [1.54, 1.807) is 0 Å². The molecule has 1 saturated heterocycles. The SMILES string of the molecule is Cc1nc(-c2ccnn2C(C)C)cc([C@H]2CCCN(C(C)C)C2)n1. The molecule has 0 spiro atoms. The van der Waals surface area contributed by atoms with Gasteiger partial charge in [0.05, 0.1) is 11.4 Å². The molecule has 1 fully saturated rings. The van der Waals surface area contributed by atoms with Crippen molar-refractivity contribution in [1.82, 2.24) is 24.6 Å². The van der Waals surface area contributed by atoms with E-state index in [4.69, 9.17) is 4.98 Å². The molecule has 0 bridgehead atoms. The highest BCUT2D eigenvalue weighted by atomic mass is 15.3. The van der Waals surface area contributed by atoms with Crippen molar-refractivity contribution >= 4 is 0 Å². The van der Waals surface area contributed by atoms with E-state index in [9.17, 15) is 0 Å². The second-order valence-corrected chi connectivity index (χ2v) is 7.41. The van der Waals surface area contributed by atoms with Gasteiger partial charge in [-0.2, -0.15) is 5.10 Å². The summed E-state index contributed by atoms with van der Waals surface area (Å²) in [5.74, 6) is 1.35. The Balaban J connectivity index is 1.93. The Hall–Kier alpha value is -1.75. The second-order valence-electron chi connectivity index (χ2n) is 7.41. The van der Waals surface area contributed by atoms with Gasteiger partial charge in [-0.15, -0.1) is 0 Å². The minimum absolute atomic E-state index is 0.319. The summed E-state index contributed by atoms with van der Waals surface area (Å²) >= 11 is 0. The zero-order valence-electron chi connectivity index (χ0n) is 15.5. The van der Waals surface area contributed by atoms with E-state index < -0.39 is 0 Å². The maximum Gasteiger partial charge on any atom is 0.126 e. The fourth-order valence-electron chi connectivity index (χ4n) is 3.58. The molecule has 1 aliphatic rings. The summed E-state index contributed by atoms with van der Waals surface area (Å²) in [5.41, 5.74) is 3.25. The lowest BCUT2D eigenvalue weighted by Crippen LogP contribution is -2.39. The lowest BCUT2D eigenvalue weighted by Gasteiger charge is -2.35. The Labute approximate surface area is 145 Å². The Morgan fingerprint density at radius 2 is 1.92 bits per heavy atom. The van der Waals surface area contributed by atoms with E-state index in [1.165, 1.54) is 25.1 Å². The van der Waals surface area contributed by atoms with Crippen molar-refractivity contribution in [3.05, 3.63) is 29.8 Å². The third kappa shape index (κ3) is 3.51. The van der Waals surface area contributed by atoms with Crippen LogP contribution in [0.3, 0.4) is 0 Å². The summed E-state index contributed by atoms with van der Waals surface area (Å²) in [6.07, 6.45) is 4.31. The Morgan fingerprint density at radius 1 is 1.12 bits per heavy atom. The van der Waals surface area contributed by atoms with E-state index in [2.05, 4.69) is 48.7 Å². The number of hydrogen-bond acceptors (Lipinski definition) is 4. The molecule has 3 heterocycles. The van der Waals surface area contributed by atoms with Crippen LogP contribution < -0.4 is 0 Å². The first-order valence-corrected chi connectivity index (χ1v) is 9.09. The van der Waals surface area contributed by atoms with Crippen LogP contribution in [0.2, 0.25) is 0 Å². The number of aryl methyl sites for hydroxylation is 1. The average molecular weight is 327 g/mol. The number of hydrogen-bond donors (Lipinski definition) is 0. The van der Waals surface area contributed by atoms with Gasteiger partial charge in [-0.25, -0.2) is 9.97 Å². The zero-order valence-corrected chi connectivity index (χ0v) is 15.5. The van der Waals surface area contributed by atoms with Crippen LogP contribution in [0, 0.1) is 6.92 Å². The standard InChI is InChI=1S/C19H29N5/c1-13(2)23-10-6-7-16(12-23)17-11-18(22-15(5)21-17)19-8-9-20-24(19)14(3)4/h8-9,11,13-14,16H,6-7,10,12H2,1-5H3/t16-/m0/s1. The first-order chi connectivity index (χ1) is 11.5. The Bertz CT molecular complexity index is 689. The fraction of sp³-hybridized carbons (Fsp3) is 0.632. The third-order valence-electron chi connectivity index (χ3n) is 4.88. The second kappa shape index (κ2) is 7.01. The molecule has 3 rings (SSSR count). The van der Waals surface area contributed by atoms with Gasteiger partial charge in [0.25, 0.3) is 0 Å². The van der Waals surface area contributed by atoms with E-state index >= 15 is 0 Å². The van der Waals surface area contributed by atoms with Crippen molar-refractivity contribution < 1.29 is 0 Å². The maximum atomic E-state index is 4.77. The molecule has 5 nitrogen and oxygen atoms in total. The van der Waals surface area contributed by atoms with Gasteiger partial charge < -0.3 is 4.90 Å². The summed E-state index contributed by atoms with van der Waals surface area (Å²) in [6, 6.07) is 5.14. The van der Waals surface area contributed by atoms with Gasteiger partial charge in [0.2, 0.25) is 0 Å². The molecule has 0 N–H and O–H groups in total. The van der Waals surface area contributed by atoms with Crippen molar-refractivity contribution in [1.29, 1.82) is 0 Å². The van der Waals surface area contributed by atoms with Gasteiger partial charge >= 0.3 is 0 Å². The van der Waals surface area contributed by atoms with E-state index in [-0.39, 0.29) is 0 Å². The van der Waals surface area contributed by atoms with Gasteiger partial charge in [-0.3, -0.25) is 4.68 Å². The van der Waals surface area contributed by atoms with Gasteiger partial charge in [-0.05, 0) is 66.1 Å². The first-order valence-electron chi connectivity index (χ1n) is 9.09. The van der Waals surface area contributed by atoms with Gasteiger partial charge in [-0.1, -0.05) is 0 Å². The summed E-state index contributed by atoms with van der Waals surface area (Å²) in [7, 11) is 0. The summed E-state index contributed by atoms with van der Waals surface area (Å²) in [5, 5.41) is 4.45. The van der Waals surface area contributed by atoms with Crippen molar-refractivity contribution in [2.45, 2.75) is 65.5 Å². The van der Waals surface area contributed by atoms with Crippen molar-refractivity contribution in [3.63, 3.8) is 0 Å². The molecule has 0 aromatic carbocycles. The predicted octanol–water partition coefficient (Wildman–Crippen LogP) is 3.82. The Kier molecular flexibility index (Phi) is 4.99. The van der Waals surface area contributed by atoms with Crippen LogP contribution in [0.15, 0.2) is 18.3 Å². The number of likely N-dealkylation sites (tertiary alicyclic amines) is 1. The molecule has 0 radical (unpaired) electrons. The molecular weight excluding hydrogens is 298 g/mol. The number of aromatic nitrogens is 4. The van der Waals surface area contributed by atoms with Crippen LogP contribution in [0.1, 0.15) is 64.0 Å². The first kappa shape index (κ1) is 17.1. The monoisotopic (exact) mass is 327 g/mol. The van der Waals surface area contributed by atoms with Gasteiger partial charge in [0.15, 0.2) is 0 Å². The molecular formula is C19H29N5. The molecule has 1 aliphatic heterocycles. The average Bonchev–Trinajstić information content (AvgIpc) is 3.04. The lowest BCUT2D eigenvalue weighted by atomic mass is 9.93. The minimum atomic E-state index is 0.319. The molecule has 0 saturated carbocycles. The molecule has 2 aromatic rings. The van der Waals surface area contributed by atoms with Crippen molar-refractivity contribution in [2.24, 2.45) is 0 Å². The van der Waals surface area contributed by atoms with E-state index in [0.717, 1.165) is 23.8 Å². The van der Waals surface area contributed by atoms with Crippen LogP contribution in [0.25, 0.3) is 11.4 Å². The number of rotatable bonds is 4. The summed E-state index contributed by atoms with van der Waals surface area (Å²) in [6.45, 7) is 13.1. The molecule has 0 amide bonds. The molecule has 24 heavy (non-hydrogen) atoms. The van der Waals surface area contributed by atoms with Crippen LogP contribution in [0.4, 0.5) is 0 Å². The number of piperidine rings is 1. The molecule has 130 valence electrons. The predicted molar refractivity (Wildman–Crippen MR) is 97.1 cm³/mol. The van der Waals surface area contributed by atoms with Crippen LogP contribution in [0.5, 0.6) is 0 Å². The minimum Gasteiger partial charge on any atom is -0.300 e. The highest BCUT2D eigenvalue weighted by Gasteiger charge is 2.25. The Morgan fingerprint density at radius 3 is 2.62 bits per heavy atom. The quantitative estimate of drug-likeness (QED) is 0.856. The van der Waals surface area contributed by atoms with Crippen molar-refractivity contribution in [3.8, 4) is 11.4 Å². The fourth-order valence-corrected chi connectivity index (χ4v) is 3.58. The molecule has 2 aromatic heterocycles. The lowest BCUT2D eigenvalue weighted by molar-refractivity contribution is 0.166. The smallest absolute Gasteiger partial charge is 0.126 e. The highest BCUT2D eigenvalue weighted by molar-refractivity contribution is 5.55. The van der Waals surface area contributed by atoms with Crippen molar-refractivity contribution in [2.75, 3.05) is 13.1 Å². The highest BCUT2D eigenvalue weighted by Crippen LogP contribution is 2.29.